The van der Waals surface area contributed by atoms with E-state index < -0.39 is 0 Å². The standard InChI is InChI=1S/C10H14N2S/c1-7-5-12-6-8(10(2,3)4)13-9(12)11-7/h5-6H,1-4H3. The van der Waals surface area contributed by atoms with E-state index in [-0.39, 0.29) is 5.41 Å². The zero-order chi connectivity index (χ0) is 9.64. The predicted molar refractivity (Wildman–Crippen MR) is 56.5 cm³/mol. The number of fused-ring (bicyclic) bond motifs is 1. The molecular weight excluding hydrogens is 180 g/mol. The van der Waals surface area contributed by atoms with Crippen molar-refractivity contribution in [1.82, 2.24) is 9.38 Å². The number of rotatable bonds is 0. The molecular formula is C10H14N2S. The number of hydrogen-bond donors (Lipinski definition) is 0. The van der Waals surface area contributed by atoms with Crippen LogP contribution in [0.4, 0.5) is 0 Å². The summed E-state index contributed by atoms with van der Waals surface area (Å²) in [4.78, 5) is 6.91. The van der Waals surface area contributed by atoms with Gasteiger partial charge < -0.3 is 0 Å². The average molecular weight is 194 g/mol. The Kier molecular flexibility index (Phi) is 1.74. The molecule has 0 amide bonds. The van der Waals surface area contributed by atoms with Crippen molar-refractivity contribution in [3.63, 3.8) is 0 Å². The van der Waals surface area contributed by atoms with Gasteiger partial charge in [-0.1, -0.05) is 20.8 Å². The maximum absolute atomic E-state index is 4.43. The summed E-state index contributed by atoms with van der Waals surface area (Å²) in [6.45, 7) is 8.71. The molecule has 2 rings (SSSR count). The lowest BCUT2D eigenvalue weighted by Gasteiger charge is -2.14. The maximum Gasteiger partial charge on any atom is 0.194 e. The first-order valence-corrected chi connectivity index (χ1v) is 5.24. The van der Waals surface area contributed by atoms with Crippen LogP contribution in [-0.4, -0.2) is 9.38 Å². The van der Waals surface area contributed by atoms with Crippen LogP contribution >= 0.6 is 11.3 Å². The van der Waals surface area contributed by atoms with Crippen molar-refractivity contribution in [2.75, 3.05) is 0 Å². The Hall–Kier alpha value is -0.830. The van der Waals surface area contributed by atoms with E-state index in [0.717, 1.165) is 10.7 Å². The number of nitrogens with zero attached hydrogens (tertiary/aromatic N) is 2. The van der Waals surface area contributed by atoms with Crippen LogP contribution in [-0.2, 0) is 5.41 Å². The van der Waals surface area contributed by atoms with E-state index in [2.05, 4.69) is 42.5 Å². The Morgan fingerprint density at radius 3 is 2.54 bits per heavy atom. The first-order valence-electron chi connectivity index (χ1n) is 4.42. The molecule has 0 spiro atoms. The maximum atomic E-state index is 4.43. The minimum Gasteiger partial charge on any atom is -0.297 e. The molecule has 2 heterocycles. The fourth-order valence-electron chi connectivity index (χ4n) is 1.26. The zero-order valence-corrected chi connectivity index (χ0v) is 9.27. The topological polar surface area (TPSA) is 17.3 Å². The summed E-state index contributed by atoms with van der Waals surface area (Å²) in [5.74, 6) is 0. The number of imidazole rings is 1. The Bertz CT molecular complexity index is 400. The fraction of sp³-hybridized carbons (Fsp3) is 0.500. The Labute approximate surface area is 82.2 Å². The van der Waals surface area contributed by atoms with Gasteiger partial charge in [0, 0.05) is 17.3 Å². The van der Waals surface area contributed by atoms with Gasteiger partial charge in [-0.15, -0.1) is 11.3 Å². The van der Waals surface area contributed by atoms with Gasteiger partial charge in [-0.2, -0.15) is 0 Å². The van der Waals surface area contributed by atoms with Crippen LogP contribution in [0.15, 0.2) is 12.4 Å². The molecule has 0 aliphatic rings. The minimum atomic E-state index is 0.235. The van der Waals surface area contributed by atoms with Crippen molar-refractivity contribution in [3.05, 3.63) is 23.0 Å². The highest BCUT2D eigenvalue weighted by atomic mass is 32.1. The molecule has 3 heteroatoms. The van der Waals surface area contributed by atoms with Crippen LogP contribution in [0.3, 0.4) is 0 Å². The molecule has 2 aromatic rings. The quantitative estimate of drug-likeness (QED) is 0.630. The van der Waals surface area contributed by atoms with E-state index in [1.165, 1.54) is 4.88 Å². The molecule has 0 aromatic carbocycles. The lowest BCUT2D eigenvalue weighted by atomic mass is 9.96. The van der Waals surface area contributed by atoms with Crippen LogP contribution in [0.5, 0.6) is 0 Å². The van der Waals surface area contributed by atoms with Gasteiger partial charge in [0.05, 0.1) is 5.69 Å². The molecule has 0 bridgehead atoms. The number of aryl methyl sites for hydroxylation is 1. The molecule has 0 unspecified atom stereocenters. The Morgan fingerprint density at radius 1 is 1.31 bits per heavy atom. The summed E-state index contributed by atoms with van der Waals surface area (Å²) < 4.78 is 2.11. The molecule has 13 heavy (non-hydrogen) atoms. The van der Waals surface area contributed by atoms with E-state index in [1.54, 1.807) is 11.3 Å². The van der Waals surface area contributed by atoms with E-state index >= 15 is 0 Å². The van der Waals surface area contributed by atoms with Gasteiger partial charge in [0.15, 0.2) is 4.96 Å². The van der Waals surface area contributed by atoms with E-state index in [0.29, 0.717) is 0 Å². The van der Waals surface area contributed by atoms with Gasteiger partial charge >= 0.3 is 0 Å². The first kappa shape index (κ1) is 8.75. The number of aromatic nitrogens is 2. The zero-order valence-electron chi connectivity index (χ0n) is 8.46. The Balaban J connectivity index is 2.57. The van der Waals surface area contributed by atoms with Crippen molar-refractivity contribution in [3.8, 4) is 0 Å². The van der Waals surface area contributed by atoms with Crippen LogP contribution in [0.2, 0.25) is 0 Å². The van der Waals surface area contributed by atoms with Gasteiger partial charge in [0.2, 0.25) is 0 Å². The van der Waals surface area contributed by atoms with Crippen molar-refractivity contribution in [2.24, 2.45) is 0 Å². The highest BCUT2D eigenvalue weighted by Crippen LogP contribution is 2.29. The van der Waals surface area contributed by atoms with Gasteiger partial charge in [-0.05, 0) is 12.3 Å². The molecule has 2 nitrogen and oxygen atoms in total. The summed E-state index contributed by atoms with van der Waals surface area (Å²) in [7, 11) is 0. The molecule has 0 N–H and O–H groups in total. The number of hydrogen-bond acceptors (Lipinski definition) is 2. The summed E-state index contributed by atoms with van der Waals surface area (Å²) in [6.07, 6.45) is 4.25. The summed E-state index contributed by atoms with van der Waals surface area (Å²) in [5.41, 5.74) is 1.32. The van der Waals surface area contributed by atoms with E-state index in [9.17, 15) is 0 Å². The SMILES string of the molecule is Cc1cn2cc(C(C)(C)C)sc2n1. The smallest absolute Gasteiger partial charge is 0.194 e. The second kappa shape index (κ2) is 2.58. The molecule has 0 radical (unpaired) electrons. The summed E-state index contributed by atoms with van der Waals surface area (Å²) >= 11 is 1.78. The summed E-state index contributed by atoms with van der Waals surface area (Å²) in [6, 6.07) is 0. The minimum absolute atomic E-state index is 0.235. The van der Waals surface area contributed by atoms with Gasteiger partial charge in [-0.25, -0.2) is 4.98 Å². The number of thiazole rings is 1. The molecule has 0 saturated carbocycles. The molecule has 0 aliphatic heterocycles. The second-order valence-electron chi connectivity index (χ2n) is 4.42. The van der Waals surface area contributed by atoms with E-state index in [4.69, 9.17) is 0 Å². The molecule has 70 valence electrons. The molecule has 0 saturated heterocycles. The van der Waals surface area contributed by atoms with Crippen LogP contribution in [0, 0.1) is 6.92 Å². The lowest BCUT2D eigenvalue weighted by molar-refractivity contribution is 0.601. The molecule has 0 atom stereocenters. The van der Waals surface area contributed by atoms with Crippen molar-refractivity contribution in [1.29, 1.82) is 0 Å². The third-order valence-electron chi connectivity index (χ3n) is 2.02. The van der Waals surface area contributed by atoms with Gasteiger partial charge in [-0.3, -0.25) is 4.40 Å². The van der Waals surface area contributed by atoms with Crippen LogP contribution in [0.25, 0.3) is 4.96 Å². The highest BCUT2D eigenvalue weighted by molar-refractivity contribution is 7.17. The largest absolute Gasteiger partial charge is 0.297 e. The second-order valence-corrected chi connectivity index (χ2v) is 5.43. The van der Waals surface area contributed by atoms with Crippen molar-refractivity contribution in [2.45, 2.75) is 33.1 Å². The van der Waals surface area contributed by atoms with E-state index in [1.807, 2.05) is 6.92 Å². The molecule has 2 aromatic heterocycles. The average Bonchev–Trinajstić information content (AvgIpc) is 2.40. The molecule has 0 aliphatic carbocycles. The normalized spacial score (nSPS) is 12.6. The van der Waals surface area contributed by atoms with Crippen molar-refractivity contribution < 1.29 is 0 Å². The predicted octanol–water partition coefficient (Wildman–Crippen LogP) is 3.00. The third-order valence-corrected chi connectivity index (χ3v) is 3.44. The fourth-order valence-corrected chi connectivity index (χ4v) is 2.33. The van der Waals surface area contributed by atoms with Gasteiger partial charge in [0.1, 0.15) is 0 Å². The monoisotopic (exact) mass is 194 g/mol. The highest BCUT2D eigenvalue weighted by Gasteiger charge is 2.17. The molecule has 0 fully saturated rings. The first-order chi connectivity index (χ1) is 5.97. The van der Waals surface area contributed by atoms with Gasteiger partial charge in [0.25, 0.3) is 0 Å². The lowest BCUT2D eigenvalue weighted by Crippen LogP contribution is -2.08. The Morgan fingerprint density at radius 2 is 2.00 bits per heavy atom. The van der Waals surface area contributed by atoms with Crippen molar-refractivity contribution >= 4 is 16.3 Å². The van der Waals surface area contributed by atoms with Crippen LogP contribution in [0.1, 0.15) is 31.3 Å². The third kappa shape index (κ3) is 1.48. The summed E-state index contributed by atoms with van der Waals surface area (Å²) in [5, 5.41) is 0. The van der Waals surface area contributed by atoms with Crippen LogP contribution < -0.4 is 0 Å².